The van der Waals surface area contributed by atoms with Crippen molar-refractivity contribution in [3.8, 4) is 5.75 Å². The van der Waals surface area contributed by atoms with Crippen molar-refractivity contribution in [2.45, 2.75) is 6.42 Å². The predicted octanol–water partition coefficient (Wildman–Crippen LogP) is 1.29. The van der Waals surface area contributed by atoms with Crippen LogP contribution in [0.15, 0.2) is 18.2 Å². The van der Waals surface area contributed by atoms with Gasteiger partial charge in [-0.15, -0.1) is 11.6 Å². The Labute approximate surface area is 125 Å². The summed E-state index contributed by atoms with van der Waals surface area (Å²) in [7, 11) is 1.34. The van der Waals surface area contributed by atoms with E-state index in [9.17, 15) is 19.7 Å². The number of rotatable bonds is 6. The molecule has 9 heteroatoms. The Morgan fingerprint density at radius 1 is 1.38 bits per heavy atom. The zero-order valence-corrected chi connectivity index (χ0v) is 12.0. The molecule has 0 bridgehead atoms. The van der Waals surface area contributed by atoms with Gasteiger partial charge in [0.15, 0.2) is 0 Å². The van der Waals surface area contributed by atoms with Gasteiger partial charge in [-0.05, 0) is 12.5 Å². The van der Waals surface area contributed by atoms with E-state index in [1.165, 1.54) is 19.2 Å². The number of nitrogens with one attached hydrogen (secondary N) is 2. The Hall–Kier alpha value is -2.35. The molecular formula is C12H14ClN3O5. The van der Waals surface area contributed by atoms with E-state index >= 15 is 0 Å². The lowest BCUT2D eigenvalue weighted by Crippen LogP contribution is -2.36. The highest BCUT2D eigenvalue weighted by Crippen LogP contribution is 2.28. The number of anilines is 1. The Balaban J connectivity index is 2.80. The van der Waals surface area contributed by atoms with Crippen LogP contribution in [-0.4, -0.2) is 36.3 Å². The highest BCUT2D eigenvalue weighted by molar-refractivity contribution is 6.39. The summed E-state index contributed by atoms with van der Waals surface area (Å²) in [6.07, 6.45) is 0.528. The number of halogens is 1. The van der Waals surface area contributed by atoms with Gasteiger partial charge < -0.3 is 15.4 Å². The molecule has 1 rings (SSSR count). The lowest BCUT2D eigenvalue weighted by atomic mass is 10.2. The van der Waals surface area contributed by atoms with Crippen molar-refractivity contribution in [3.63, 3.8) is 0 Å². The summed E-state index contributed by atoms with van der Waals surface area (Å²) in [5.74, 6) is -1.22. The van der Waals surface area contributed by atoms with Crippen LogP contribution in [0, 0.1) is 10.1 Å². The first-order chi connectivity index (χ1) is 9.99. The maximum absolute atomic E-state index is 11.7. The summed E-state index contributed by atoms with van der Waals surface area (Å²) in [6.45, 7) is 0.266. The van der Waals surface area contributed by atoms with Crippen molar-refractivity contribution in [3.05, 3.63) is 28.3 Å². The molecule has 0 aromatic heterocycles. The van der Waals surface area contributed by atoms with E-state index in [1.807, 2.05) is 0 Å². The van der Waals surface area contributed by atoms with Crippen LogP contribution in [0.25, 0.3) is 0 Å². The number of non-ortho nitro benzene ring substituents is 1. The third-order valence-electron chi connectivity index (χ3n) is 2.44. The number of methoxy groups -OCH3 is 1. The van der Waals surface area contributed by atoms with E-state index < -0.39 is 16.7 Å². The Bertz CT molecular complexity index is 550. The second kappa shape index (κ2) is 8.05. The predicted molar refractivity (Wildman–Crippen MR) is 76.6 cm³/mol. The summed E-state index contributed by atoms with van der Waals surface area (Å²) < 4.78 is 4.97. The monoisotopic (exact) mass is 315 g/mol. The molecule has 1 aromatic carbocycles. The second-order valence-electron chi connectivity index (χ2n) is 3.89. The number of nitro benzene ring substituents is 1. The molecule has 0 heterocycles. The molecule has 0 saturated heterocycles. The number of hydrogen-bond donors (Lipinski definition) is 2. The zero-order chi connectivity index (χ0) is 15.8. The summed E-state index contributed by atoms with van der Waals surface area (Å²) >= 11 is 5.45. The number of amides is 2. The number of hydrogen-bond acceptors (Lipinski definition) is 5. The molecule has 0 unspecified atom stereocenters. The number of ether oxygens (including phenoxy) is 1. The van der Waals surface area contributed by atoms with Gasteiger partial charge in [-0.3, -0.25) is 19.7 Å². The van der Waals surface area contributed by atoms with Crippen molar-refractivity contribution in [2.24, 2.45) is 0 Å². The van der Waals surface area contributed by atoms with Gasteiger partial charge in [0.25, 0.3) is 5.69 Å². The van der Waals surface area contributed by atoms with Gasteiger partial charge >= 0.3 is 11.8 Å². The van der Waals surface area contributed by atoms with Gasteiger partial charge in [-0.25, -0.2) is 0 Å². The highest BCUT2D eigenvalue weighted by Gasteiger charge is 2.17. The van der Waals surface area contributed by atoms with Crippen molar-refractivity contribution in [1.82, 2.24) is 5.32 Å². The van der Waals surface area contributed by atoms with Crippen molar-refractivity contribution in [1.29, 1.82) is 0 Å². The van der Waals surface area contributed by atoms with Gasteiger partial charge in [0.2, 0.25) is 0 Å². The fraction of sp³-hybridized carbons (Fsp3) is 0.333. The summed E-state index contributed by atoms with van der Waals surface area (Å²) in [5, 5.41) is 15.3. The molecular weight excluding hydrogens is 302 g/mol. The lowest BCUT2D eigenvalue weighted by Gasteiger charge is -2.09. The molecule has 0 aliphatic carbocycles. The topological polar surface area (TPSA) is 111 Å². The quantitative estimate of drug-likeness (QED) is 0.270. The third-order valence-corrected chi connectivity index (χ3v) is 2.71. The average Bonchev–Trinajstić information content (AvgIpc) is 2.47. The summed E-state index contributed by atoms with van der Waals surface area (Å²) in [6, 6.07) is 3.68. The van der Waals surface area contributed by atoms with Gasteiger partial charge in [-0.2, -0.15) is 0 Å². The van der Waals surface area contributed by atoms with Crippen molar-refractivity contribution < 1.29 is 19.2 Å². The highest BCUT2D eigenvalue weighted by atomic mass is 35.5. The smallest absolute Gasteiger partial charge is 0.313 e. The first-order valence-electron chi connectivity index (χ1n) is 5.97. The number of alkyl halides is 1. The van der Waals surface area contributed by atoms with Gasteiger partial charge in [0.1, 0.15) is 5.75 Å². The van der Waals surface area contributed by atoms with Crippen LogP contribution < -0.4 is 15.4 Å². The van der Waals surface area contributed by atoms with E-state index in [1.54, 1.807) is 0 Å². The van der Waals surface area contributed by atoms with Crippen LogP contribution in [0.1, 0.15) is 6.42 Å². The van der Waals surface area contributed by atoms with Crippen LogP contribution in [0.4, 0.5) is 11.4 Å². The number of nitrogens with zero attached hydrogens (tertiary/aromatic N) is 1. The summed E-state index contributed by atoms with van der Waals surface area (Å²) in [4.78, 5) is 33.3. The van der Waals surface area contributed by atoms with Gasteiger partial charge in [-0.1, -0.05) is 0 Å². The van der Waals surface area contributed by atoms with Gasteiger partial charge in [0, 0.05) is 24.6 Å². The first kappa shape index (κ1) is 16.7. The molecule has 2 N–H and O–H groups in total. The van der Waals surface area contributed by atoms with Crippen LogP contribution in [0.5, 0.6) is 5.75 Å². The van der Waals surface area contributed by atoms with E-state index in [0.717, 1.165) is 6.07 Å². The number of carbonyl (C=O) groups is 2. The number of carbonyl (C=O) groups excluding carboxylic acids is 2. The minimum Gasteiger partial charge on any atom is -0.495 e. The SMILES string of the molecule is COc1ccc([N+](=O)[O-])cc1NC(=O)C(=O)NCCCCl. The molecule has 0 fully saturated rings. The molecule has 2 amide bonds. The molecule has 0 aliphatic heterocycles. The number of benzene rings is 1. The van der Waals surface area contributed by atoms with Gasteiger partial charge in [0.05, 0.1) is 17.7 Å². The molecule has 0 radical (unpaired) electrons. The van der Waals surface area contributed by atoms with Crippen LogP contribution >= 0.6 is 11.6 Å². The fourth-order valence-electron chi connectivity index (χ4n) is 1.44. The van der Waals surface area contributed by atoms with Crippen LogP contribution in [0.3, 0.4) is 0 Å². The Morgan fingerprint density at radius 3 is 2.67 bits per heavy atom. The molecule has 0 aliphatic rings. The molecule has 1 aromatic rings. The molecule has 114 valence electrons. The third kappa shape index (κ3) is 4.92. The molecule has 0 saturated carbocycles. The van der Waals surface area contributed by atoms with E-state index in [-0.39, 0.29) is 23.7 Å². The molecule has 0 spiro atoms. The first-order valence-corrected chi connectivity index (χ1v) is 6.50. The van der Waals surface area contributed by atoms with Crippen LogP contribution in [0.2, 0.25) is 0 Å². The maximum Gasteiger partial charge on any atom is 0.313 e. The molecule has 0 atom stereocenters. The van der Waals surface area contributed by atoms with Crippen LogP contribution in [-0.2, 0) is 9.59 Å². The largest absolute Gasteiger partial charge is 0.495 e. The second-order valence-corrected chi connectivity index (χ2v) is 4.27. The zero-order valence-electron chi connectivity index (χ0n) is 11.2. The lowest BCUT2D eigenvalue weighted by molar-refractivity contribution is -0.384. The van der Waals surface area contributed by atoms with E-state index in [0.29, 0.717) is 12.3 Å². The molecule has 8 nitrogen and oxygen atoms in total. The minimum absolute atomic E-state index is 0.0455. The Morgan fingerprint density at radius 2 is 2.10 bits per heavy atom. The molecule has 21 heavy (non-hydrogen) atoms. The maximum atomic E-state index is 11.7. The minimum atomic E-state index is -0.941. The Kier molecular flexibility index (Phi) is 6.41. The van der Waals surface area contributed by atoms with Crippen molar-refractivity contribution in [2.75, 3.05) is 24.9 Å². The average molecular weight is 316 g/mol. The van der Waals surface area contributed by atoms with E-state index in [2.05, 4.69) is 10.6 Å². The summed E-state index contributed by atoms with van der Waals surface area (Å²) in [5.41, 5.74) is -0.183. The fourth-order valence-corrected chi connectivity index (χ4v) is 1.57. The standard InChI is InChI=1S/C12H14ClN3O5/c1-21-10-4-3-8(16(19)20)7-9(10)15-12(18)11(17)14-6-2-5-13/h3-4,7H,2,5-6H2,1H3,(H,14,17)(H,15,18). The van der Waals surface area contributed by atoms with E-state index in [4.69, 9.17) is 16.3 Å². The number of nitro groups is 1. The van der Waals surface area contributed by atoms with Crippen molar-refractivity contribution >= 4 is 34.8 Å². The normalized spacial score (nSPS) is 9.81.